The van der Waals surface area contributed by atoms with Crippen molar-refractivity contribution in [3.8, 4) is 0 Å². The molecule has 0 radical (unpaired) electrons. The highest BCUT2D eigenvalue weighted by Crippen LogP contribution is 2.36. The number of hydrogen-bond donors (Lipinski definition) is 5. The molecule has 2 aliphatic carbocycles. The molecule has 10 heteroatoms. The van der Waals surface area contributed by atoms with Gasteiger partial charge in [-0.2, -0.15) is 0 Å². The van der Waals surface area contributed by atoms with E-state index in [2.05, 4.69) is 40.2 Å². The Morgan fingerprint density at radius 1 is 0.843 bits per heavy atom. The van der Waals surface area contributed by atoms with E-state index in [1.165, 1.54) is 16.7 Å². The number of carboxylic acid groups (broad SMARTS) is 1. The monoisotopic (exact) mass is 693 g/mol. The van der Waals surface area contributed by atoms with Crippen molar-refractivity contribution < 1.29 is 24.3 Å². The van der Waals surface area contributed by atoms with Crippen molar-refractivity contribution in [1.82, 2.24) is 20.9 Å². The predicted octanol–water partition coefficient (Wildman–Crippen LogP) is 5.31. The Morgan fingerprint density at radius 2 is 1.41 bits per heavy atom. The number of likely N-dealkylation sites (tertiary alicyclic amines) is 1. The standard InChI is InChI=1S/C41H51N5O5/c1-41(2,3)36(45-40(50)51)39(49)46-24-29(23-35(46)38(48)44-34-17-9-13-28-11-5-7-15-31(28)34)26-20-18-25(19-21-26)22-32(42)37(47)43-33-16-8-12-27-10-4-6-14-30(27)33/h4-7,10-11,14-15,18-21,29,32-36,45H,8-9,12-13,16-17,22-24,42H2,1-3H3,(H,43,47)(H,44,48)(H,50,51)/t29-,32?,33+,34+,35-,36?/m0/s1. The summed E-state index contributed by atoms with van der Waals surface area (Å²) in [6, 6.07) is 21.6. The molecule has 0 aromatic heterocycles. The van der Waals surface area contributed by atoms with Crippen LogP contribution < -0.4 is 21.7 Å². The highest BCUT2D eigenvalue weighted by molar-refractivity contribution is 5.92. The van der Waals surface area contributed by atoms with Gasteiger partial charge in [0, 0.05) is 12.5 Å². The van der Waals surface area contributed by atoms with Crippen molar-refractivity contribution in [2.24, 2.45) is 11.1 Å². The molecule has 3 aliphatic rings. The number of carbonyl (C=O) groups is 4. The summed E-state index contributed by atoms with van der Waals surface area (Å²) >= 11 is 0. The minimum absolute atomic E-state index is 0.0366. The van der Waals surface area contributed by atoms with Crippen molar-refractivity contribution in [3.05, 3.63) is 106 Å². The van der Waals surface area contributed by atoms with E-state index >= 15 is 0 Å². The molecule has 1 fully saturated rings. The Bertz CT molecular complexity index is 1750. The van der Waals surface area contributed by atoms with E-state index in [9.17, 15) is 24.3 Å². The third-order valence-corrected chi connectivity index (χ3v) is 10.9. The number of carbonyl (C=O) groups excluding carboxylic acids is 3. The lowest BCUT2D eigenvalue weighted by Gasteiger charge is -2.35. The van der Waals surface area contributed by atoms with Gasteiger partial charge in [0.15, 0.2) is 0 Å². The van der Waals surface area contributed by atoms with E-state index in [-0.39, 0.29) is 36.4 Å². The van der Waals surface area contributed by atoms with E-state index in [4.69, 9.17) is 5.73 Å². The van der Waals surface area contributed by atoms with Crippen LogP contribution in [0.2, 0.25) is 0 Å². The second-order valence-corrected chi connectivity index (χ2v) is 15.5. The van der Waals surface area contributed by atoms with Crippen LogP contribution in [0.5, 0.6) is 0 Å². The van der Waals surface area contributed by atoms with Gasteiger partial charge in [-0.15, -0.1) is 0 Å². The summed E-state index contributed by atoms with van der Waals surface area (Å²) in [6.07, 6.45) is 5.15. The van der Waals surface area contributed by atoms with Crippen LogP contribution in [0.1, 0.15) is 104 Å². The Kier molecular flexibility index (Phi) is 10.8. The maximum atomic E-state index is 14.1. The molecule has 10 nitrogen and oxygen atoms in total. The number of amides is 4. The quantitative estimate of drug-likeness (QED) is 0.205. The maximum Gasteiger partial charge on any atom is 0.405 e. The molecule has 6 rings (SSSR count). The normalized spacial score (nSPS) is 22.5. The molecule has 51 heavy (non-hydrogen) atoms. The Hall–Kier alpha value is -4.70. The number of nitrogens with one attached hydrogen (secondary N) is 3. The maximum absolute atomic E-state index is 14.1. The molecular weight excluding hydrogens is 642 g/mol. The highest BCUT2D eigenvalue weighted by atomic mass is 16.4. The fourth-order valence-electron chi connectivity index (χ4n) is 8.13. The third kappa shape index (κ3) is 8.28. The van der Waals surface area contributed by atoms with E-state index in [0.29, 0.717) is 12.8 Å². The zero-order valence-corrected chi connectivity index (χ0v) is 29.9. The summed E-state index contributed by atoms with van der Waals surface area (Å²) < 4.78 is 0. The van der Waals surface area contributed by atoms with Crippen LogP contribution in [0.4, 0.5) is 4.79 Å². The molecule has 6 N–H and O–H groups in total. The molecule has 1 aliphatic heterocycles. The number of rotatable bonds is 9. The third-order valence-electron chi connectivity index (χ3n) is 10.9. The first-order chi connectivity index (χ1) is 24.4. The van der Waals surface area contributed by atoms with Gasteiger partial charge in [-0.25, -0.2) is 4.79 Å². The zero-order valence-electron chi connectivity index (χ0n) is 29.9. The summed E-state index contributed by atoms with van der Waals surface area (Å²) in [5, 5.41) is 18.4. The van der Waals surface area contributed by atoms with Gasteiger partial charge in [0.05, 0.1) is 18.1 Å². The van der Waals surface area contributed by atoms with Crippen molar-refractivity contribution in [1.29, 1.82) is 0 Å². The Morgan fingerprint density at radius 3 is 1.98 bits per heavy atom. The van der Waals surface area contributed by atoms with E-state index < -0.39 is 35.5 Å². The molecule has 3 aromatic rings. The fourth-order valence-corrected chi connectivity index (χ4v) is 8.13. The Labute approximate surface area is 300 Å². The largest absolute Gasteiger partial charge is 0.465 e. The number of nitrogens with two attached hydrogens (primary N) is 1. The molecule has 270 valence electrons. The highest BCUT2D eigenvalue weighted by Gasteiger charge is 2.45. The molecule has 0 saturated carbocycles. The Balaban J connectivity index is 1.16. The van der Waals surface area contributed by atoms with Crippen LogP contribution in [0, 0.1) is 5.41 Å². The SMILES string of the molecule is CC(C)(C)C(NC(=O)O)C(=O)N1C[C@@H](c2ccc(CC(N)C(=O)N[C@@H]3CCCc4ccccc43)cc2)C[C@H]1C(=O)N[C@@H]1CCCc2ccccc21. The van der Waals surface area contributed by atoms with Crippen molar-refractivity contribution in [2.45, 2.75) is 108 Å². The van der Waals surface area contributed by atoms with E-state index in [1.54, 1.807) is 4.90 Å². The predicted molar refractivity (Wildman–Crippen MR) is 196 cm³/mol. The molecule has 0 bridgehead atoms. The topological polar surface area (TPSA) is 154 Å². The molecule has 3 aromatic carbocycles. The summed E-state index contributed by atoms with van der Waals surface area (Å²) in [6.45, 7) is 5.71. The van der Waals surface area contributed by atoms with Gasteiger partial charge in [-0.05, 0) is 90.2 Å². The second kappa shape index (κ2) is 15.3. The smallest absolute Gasteiger partial charge is 0.405 e. The van der Waals surface area contributed by atoms with Gasteiger partial charge in [0.2, 0.25) is 17.7 Å². The van der Waals surface area contributed by atoms with E-state index in [0.717, 1.165) is 55.2 Å². The zero-order chi connectivity index (χ0) is 36.3. The van der Waals surface area contributed by atoms with Crippen LogP contribution in [-0.2, 0) is 33.6 Å². The lowest BCUT2D eigenvalue weighted by atomic mass is 9.85. The molecule has 1 heterocycles. The van der Waals surface area contributed by atoms with Gasteiger partial charge in [-0.1, -0.05) is 93.6 Å². The number of benzene rings is 3. The first kappa shape index (κ1) is 36.1. The fraction of sp³-hybridized carbons (Fsp3) is 0.463. The molecular formula is C41H51N5O5. The summed E-state index contributed by atoms with van der Waals surface area (Å²) in [5.41, 5.74) is 12.3. The van der Waals surface area contributed by atoms with Gasteiger partial charge in [0.25, 0.3) is 0 Å². The van der Waals surface area contributed by atoms with Gasteiger partial charge >= 0.3 is 6.09 Å². The van der Waals surface area contributed by atoms with Crippen molar-refractivity contribution in [3.63, 3.8) is 0 Å². The van der Waals surface area contributed by atoms with Crippen LogP contribution in [0.25, 0.3) is 0 Å². The van der Waals surface area contributed by atoms with Crippen LogP contribution >= 0.6 is 0 Å². The first-order valence-corrected chi connectivity index (χ1v) is 18.3. The van der Waals surface area contributed by atoms with Crippen LogP contribution in [-0.4, -0.2) is 58.5 Å². The second-order valence-electron chi connectivity index (χ2n) is 15.5. The molecule has 6 atom stereocenters. The average molecular weight is 694 g/mol. The van der Waals surface area contributed by atoms with Crippen molar-refractivity contribution in [2.75, 3.05) is 6.54 Å². The van der Waals surface area contributed by atoms with E-state index in [1.807, 2.05) is 69.3 Å². The summed E-state index contributed by atoms with van der Waals surface area (Å²) in [5.74, 6) is -0.967. The molecule has 2 unspecified atom stereocenters. The van der Waals surface area contributed by atoms with Gasteiger partial charge < -0.3 is 31.7 Å². The summed E-state index contributed by atoms with van der Waals surface area (Å²) in [4.78, 5) is 54.7. The minimum Gasteiger partial charge on any atom is -0.465 e. The number of fused-ring (bicyclic) bond motifs is 2. The van der Waals surface area contributed by atoms with Crippen molar-refractivity contribution >= 4 is 23.8 Å². The molecule has 1 saturated heterocycles. The number of aryl methyl sites for hydroxylation is 2. The molecule has 0 spiro atoms. The number of nitrogens with zero attached hydrogens (tertiary/aromatic N) is 1. The first-order valence-electron chi connectivity index (χ1n) is 18.3. The van der Waals surface area contributed by atoms with Gasteiger partial charge in [0.1, 0.15) is 12.1 Å². The lowest BCUT2D eigenvalue weighted by molar-refractivity contribution is -0.142. The average Bonchev–Trinajstić information content (AvgIpc) is 3.56. The summed E-state index contributed by atoms with van der Waals surface area (Å²) in [7, 11) is 0. The van der Waals surface area contributed by atoms with Crippen LogP contribution in [0.3, 0.4) is 0 Å². The van der Waals surface area contributed by atoms with Gasteiger partial charge in [-0.3, -0.25) is 14.4 Å². The molecule has 4 amide bonds. The van der Waals surface area contributed by atoms with Crippen LogP contribution in [0.15, 0.2) is 72.8 Å². The minimum atomic E-state index is -1.29. The lowest BCUT2D eigenvalue weighted by Crippen LogP contribution is -2.57. The number of hydrogen-bond acceptors (Lipinski definition) is 5.